The number of nitrogens with one attached hydrogen (secondary N) is 1. The molecular weight excluding hydrogens is 174 g/mol. The maximum atomic E-state index is 5.22. The molecule has 1 N–H and O–H groups in total. The summed E-state index contributed by atoms with van der Waals surface area (Å²) in [4.78, 5) is 3.99. The predicted octanol–water partition coefficient (Wildman–Crippen LogP) is 0.802. The molecule has 0 spiro atoms. The molecule has 0 atom stereocenters. The van der Waals surface area contributed by atoms with Crippen LogP contribution in [-0.4, -0.2) is 36.3 Å². The Morgan fingerprint density at radius 3 is 3.00 bits per heavy atom. The lowest BCUT2D eigenvalue weighted by atomic mass is 10.5. The molecule has 0 radical (unpaired) electrons. The zero-order valence-corrected chi connectivity index (χ0v) is 7.51. The highest BCUT2D eigenvalue weighted by atomic mass is 32.1. The molecule has 5 heteroatoms. The summed E-state index contributed by atoms with van der Waals surface area (Å²) in [5.41, 5.74) is 5.09. The number of thiazole rings is 1. The first-order chi connectivity index (χ1) is 5.95. The van der Waals surface area contributed by atoms with Gasteiger partial charge in [0.2, 0.25) is 0 Å². The lowest BCUT2D eigenvalue weighted by Crippen LogP contribution is -2.39. The molecule has 0 amide bonds. The highest BCUT2D eigenvalue weighted by molar-refractivity contribution is 7.13. The van der Waals surface area contributed by atoms with Crippen LogP contribution in [0.5, 0.6) is 0 Å². The Morgan fingerprint density at radius 1 is 1.50 bits per heavy atom. The first-order valence-corrected chi connectivity index (χ1v) is 4.81. The van der Waals surface area contributed by atoms with Gasteiger partial charge in [-0.25, -0.2) is 5.01 Å². The summed E-state index contributed by atoms with van der Waals surface area (Å²) in [6.07, 6.45) is 1.83. The number of morpholine rings is 1. The second-order valence-corrected chi connectivity index (χ2v) is 3.46. The van der Waals surface area contributed by atoms with E-state index in [-0.39, 0.29) is 0 Å². The molecular formula is C7H11N3OS. The fourth-order valence-corrected chi connectivity index (χ4v) is 1.64. The van der Waals surface area contributed by atoms with Gasteiger partial charge in [-0.15, -0.1) is 11.3 Å². The van der Waals surface area contributed by atoms with Crippen molar-refractivity contribution in [3.05, 3.63) is 11.7 Å². The molecule has 0 aromatic carbocycles. The van der Waals surface area contributed by atoms with Crippen molar-refractivity contribution in [3.63, 3.8) is 0 Å². The van der Waals surface area contributed by atoms with Gasteiger partial charge in [-0.2, -0.15) is 0 Å². The van der Waals surface area contributed by atoms with Crippen molar-refractivity contribution in [2.45, 2.75) is 0 Å². The summed E-state index contributed by atoms with van der Waals surface area (Å²) in [6, 6.07) is 0. The minimum Gasteiger partial charge on any atom is -0.379 e. The van der Waals surface area contributed by atoms with E-state index in [2.05, 4.69) is 15.4 Å². The summed E-state index contributed by atoms with van der Waals surface area (Å²) in [6.45, 7) is 3.51. The maximum Gasteiger partial charge on any atom is 0.123 e. The fourth-order valence-electron chi connectivity index (χ4n) is 1.10. The number of hydrazine groups is 1. The molecule has 1 aliphatic rings. The Bertz CT molecular complexity index is 221. The molecule has 2 heterocycles. The van der Waals surface area contributed by atoms with Gasteiger partial charge < -0.3 is 10.2 Å². The third-order valence-electron chi connectivity index (χ3n) is 1.71. The molecule has 0 aliphatic carbocycles. The van der Waals surface area contributed by atoms with Gasteiger partial charge in [-0.3, -0.25) is 4.98 Å². The number of hydrogen-bond acceptors (Lipinski definition) is 5. The molecule has 1 saturated heterocycles. The third-order valence-corrected chi connectivity index (χ3v) is 2.39. The number of rotatable bonds is 2. The largest absolute Gasteiger partial charge is 0.379 e. The van der Waals surface area contributed by atoms with Crippen molar-refractivity contribution in [2.24, 2.45) is 0 Å². The summed E-state index contributed by atoms with van der Waals surface area (Å²) < 4.78 is 5.22. The number of hydrogen-bond donors (Lipinski definition) is 1. The van der Waals surface area contributed by atoms with Gasteiger partial charge in [0.15, 0.2) is 0 Å². The molecule has 12 heavy (non-hydrogen) atoms. The summed E-state index contributed by atoms with van der Waals surface area (Å²) in [5, 5.41) is 3.24. The van der Waals surface area contributed by atoms with Crippen molar-refractivity contribution >= 4 is 16.3 Å². The van der Waals surface area contributed by atoms with Crippen LogP contribution in [0.3, 0.4) is 0 Å². The lowest BCUT2D eigenvalue weighted by Gasteiger charge is -2.26. The van der Waals surface area contributed by atoms with Crippen LogP contribution >= 0.6 is 11.3 Å². The summed E-state index contributed by atoms with van der Waals surface area (Å²) >= 11 is 1.61. The topological polar surface area (TPSA) is 37.4 Å². The Balaban J connectivity index is 1.86. The summed E-state index contributed by atoms with van der Waals surface area (Å²) in [5.74, 6) is 0. The van der Waals surface area contributed by atoms with Gasteiger partial charge in [-0.05, 0) is 0 Å². The van der Waals surface area contributed by atoms with Crippen molar-refractivity contribution in [1.29, 1.82) is 0 Å². The van der Waals surface area contributed by atoms with Crippen molar-refractivity contribution in [3.8, 4) is 0 Å². The van der Waals surface area contributed by atoms with E-state index in [0.717, 1.165) is 31.3 Å². The van der Waals surface area contributed by atoms with E-state index in [1.165, 1.54) is 0 Å². The van der Waals surface area contributed by atoms with Crippen molar-refractivity contribution < 1.29 is 4.74 Å². The van der Waals surface area contributed by atoms with Gasteiger partial charge >= 0.3 is 0 Å². The molecule has 1 aromatic heterocycles. The van der Waals surface area contributed by atoms with E-state index < -0.39 is 0 Å². The van der Waals surface area contributed by atoms with E-state index >= 15 is 0 Å². The average Bonchev–Trinajstić information content (AvgIpc) is 2.59. The van der Waals surface area contributed by atoms with Crippen LogP contribution in [0.1, 0.15) is 0 Å². The maximum absolute atomic E-state index is 5.22. The minimum atomic E-state index is 0.811. The van der Waals surface area contributed by atoms with Crippen LogP contribution < -0.4 is 5.43 Å². The zero-order chi connectivity index (χ0) is 8.23. The molecule has 0 unspecified atom stereocenters. The Kier molecular flexibility index (Phi) is 2.55. The molecule has 2 rings (SSSR count). The molecule has 1 aliphatic heterocycles. The number of anilines is 1. The molecule has 4 nitrogen and oxygen atoms in total. The first kappa shape index (κ1) is 7.97. The lowest BCUT2D eigenvalue weighted by molar-refractivity contribution is 0.0498. The second-order valence-electron chi connectivity index (χ2n) is 2.58. The predicted molar refractivity (Wildman–Crippen MR) is 48.1 cm³/mol. The first-order valence-electron chi connectivity index (χ1n) is 3.93. The molecule has 0 saturated carbocycles. The van der Waals surface area contributed by atoms with Crippen LogP contribution in [0, 0.1) is 0 Å². The Labute approximate surface area is 75.1 Å². The van der Waals surface area contributed by atoms with Crippen LogP contribution in [-0.2, 0) is 4.74 Å². The van der Waals surface area contributed by atoms with E-state index in [0.29, 0.717) is 0 Å². The third kappa shape index (κ3) is 1.94. The SMILES string of the molecule is c1ncc(NN2CCOCC2)s1. The molecule has 66 valence electrons. The van der Waals surface area contributed by atoms with Gasteiger partial charge in [0.05, 0.1) is 24.9 Å². The van der Waals surface area contributed by atoms with E-state index in [9.17, 15) is 0 Å². The second kappa shape index (κ2) is 3.84. The van der Waals surface area contributed by atoms with E-state index in [1.54, 1.807) is 11.3 Å². The Hall–Kier alpha value is -0.650. The molecule has 1 aromatic rings. The normalized spacial score (nSPS) is 19.3. The molecule has 0 bridgehead atoms. The number of nitrogens with zero attached hydrogens (tertiary/aromatic N) is 2. The van der Waals surface area contributed by atoms with Crippen LogP contribution in [0.15, 0.2) is 11.7 Å². The van der Waals surface area contributed by atoms with E-state index in [1.807, 2.05) is 11.7 Å². The van der Waals surface area contributed by atoms with Gasteiger partial charge in [0.25, 0.3) is 0 Å². The van der Waals surface area contributed by atoms with Crippen molar-refractivity contribution in [1.82, 2.24) is 9.99 Å². The van der Waals surface area contributed by atoms with Crippen LogP contribution in [0.4, 0.5) is 5.00 Å². The number of aromatic nitrogens is 1. The Morgan fingerprint density at radius 2 is 2.33 bits per heavy atom. The van der Waals surface area contributed by atoms with Crippen molar-refractivity contribution in [2.75, 3.05) is 31.7 Å². The average molecular weight is 185 g/mol. The highest BCUT2D eigenvalue weighted by Gasteiger charge is 2.09. The van der Waals surface area contributed by atoms with Gasteiger partial charge in [-0.1, -0.05) is 0 Å². The summed E-state index contributed by atoms with van der Waals surface area (Å²) in [7, 11) is 0. The number of ether oxygens (including phenoxy) is 1. The monoisotopic (exact) mass is 185 g/mol. The minimum absolute atomic E-state index is 0.811. The highest BCUT2D eigenvalue weighted by Crippen LogP contribution is 2.13. The zero-order valence-electron chi connectivity index (χ0n) is 6.69. The van der Waals surface area contributed by atoms with Crippen LogP contribution in [0.25, 0.3) is 0 Å². The fraction of sp³-hybridized carbons (Fsp3) is 0.571. The molecule has 1 fully saturated rings. The smallest absolute Gasteiger partial charge is 0.123 e. The van der Waals surface area contributed by atoms with Gasteiger partial charge in [0, 0.05) is 13.1 Å². The standard InChI is InChI=1S/C7H11N3OS/c1-3-11-4-2-10(1)9-7-5-8-6-12-7/h5-6,9H,1-4H2. The van der Waals surface area contributed by atoms with Crippen LogP contribution in [0.2, 0.25) is 0 Å². The quantitative estimate of drug-likeness (QED) is 0.739. The van der Waals surface area contributed by atoms with Gasteiger partial charge in [0.1, 0.15) is 5.00 Å². The van der Waals surface area contributed by atoms with E-state index in [4.69, 9.17) is 4.74 Å².